The van der Waals surface area contributed by atoms with Gasteiger partial charge < -0.3 is 10.1 Å². The highest BCUT2D eigenvalue weighted by Crippen LogP contribution is 2.03. The molecule has 1 aromatic rings. The minimum atomic E-state index is 0. The first kappa shape index (κ1) is 13.4. The molecule has 5 heteroatoms. The molecule has 0 spiro atoms. The predicted molar refractivity (Wildman–Crippen MR) is 58.8 cm³/mol. The molecular formula is C9H18ClN3O. The van der Waals surface area contributed by atoms with E-state index in [4.69, 9.17) is 4.74 Å². The second kappa shape index (κ2) is 6.81. The van der Waals surface area contributed by atoms with Gasteiger partial charge in [0.1, 0.15) is 0 Å². The van der Waals surface area contributed by atoms with E-state index in [9.17, 15) is 0 Å². The molecule has 4 nitrogen and oxygen atoms in total. The zero-order valence-corrected chi connectivity index (χ0v) is 9.73. The van der Waals surface area contributed by atoms with E-state index in [2.05, 4.69) is 17.3 Å². The first-order chi connectivity index (χ1) is 6.25. The van der Waals surface area contributed by atoms with E-state index >= 15 is 0 Å². The van der Waals surface area contributed by atoms with Gasteiger partial charge in [0, 0.05) is 38.5 Å². The van der Waals surface area contributed by atoms with Crippen molar-refractivity contribution in [2.75, 3.05) is 20.3 Å². The summed E-state index contributed by atoms with van der Waals surface area (Å²) in [7, 11) is 3.66. The van der Waals surface area contributed by atoms with E-state index in [0.717, 1.165) is 19.7 Å². The van der Waals surface area contributed by atoms with Crippen LogP contribution in [0.4, 0.5) is 0 Å². The SMILES string of the molecule is COCCNCc1cnn(C)c1C.Cl. The lowest BCUT2D eigenvalue weighted by Gasteiger charge is -2.03. The van der Waals surface area contributed by atoms with Crippen molar-refractivity contribution in [1.29, 1.82) is 0 Å². The smallest absolute Gasteiger partial charge is 0.0587 e. The average Bonchev–Trinajstić information content (AvgIpc) is 2.43. The van der Waals surface area contributed by atoms with Gasteiger partial charge in [-0.25, -0.2) is 0 Å². The van der Waals surface area contributed by atoms with Crippen LogP contribution in [-0.2, 0) is 18.3 Å². The predicted octanol–water partition coefficient (Wildman–Crippen LogP) is 0.886. The molecule has 0 aliphatic heterocycles. The van der Waals surface area contributed by atoms with Gasteiger partial charge in [0.25, 0.3) is 0 Å². The topological polar surface area (TPSA) is 39.1 Å². The van der Waals surface area contributed by atoms with Crippen LogP contribution < -0.4 is 5.32 Å². The number of hydrogen-bond donors (Lipinski definition) is 1. The van der Waals surface area contributed by atoms with E-state index in [1.54, 1.807) is 7.11 Å². The van der Waals surface area contributed by atoms with Crippen molar-refractivity contribution in [2.45, 2.75) is 13.5 Å². The van der Waals surface area contributed by atoms with E-state index in [-0.39, 0.29) is 12.4 Å². The highest BCUT2D eigenvalue weighted by molar-refractivity contribution is 5.85. The Kier molecular flexibility index (Phi) is 6.53. The minimum Gasteiger partial charge on any atom is -0.383 e. The van der Waals surface area contributed by atoms with Crippen molar-refractivity contribution in [3.63, 3.8) is 0 Å². The maximum absolute atomic E-state index is 4.93. The molecule has 82 valence electrons. The molecule has 0 amide bonds. The average molecular weight is 220 g/mol. The van der Waals surface area contributed by atoms with Gasteiger partial charge in [-0.1, -0.05) is 0 Å². The van der Waals surface area contributed by atoms with Crippen molar-refractivity contribution in [3.05, 3.63) is 17.5 Å². The number of halogens is 1. The lowest BCUT2D eigenvalue weighted by atomic mass is 10.2. The summed E-state index contributed by atoms with van der Waals surface area (Å²) in [5.74, 6) is 0. The van der Waals surface area contributed by atoms with Crippen LogP contribution in [0.25, 0.3) is 0 Å². The van der Waals surface area contributed by atoms with Gasteiger partial charge in [0.15, 0.2) is 0 Å². The fourth-order valence-electron chi connectivity index (χ4n) is 1.11. The number of aryl methyl sites for hydroxylation is 1. The van der Waals surface area contributed by atoms with Crippen LogP contribution in [0.5, 0.6) is 0 Å². The summed E-state index contributed by atoms with van der Waals surface area (Å²) >= 11 is 0. The molecule has 14 heavy (non-hydrogen) atoms. The lowest BCUT2D eigenvalue weighted by Crippen LogP contribution is -2.18. The summed E-state index contributed by atoms with van der Waals surface area (Å²) in [6.45, 7) is 4.56. The second-order valence-corrected chi connectivity index (χ2v) is 3.05. The van der Waals surface area contributed by atoms with Crippen LogP contribution in [0.1, 0.15) is 11.3 Å². The van der Waals surface area contributed by atoms with Gasteiger partial charge in [-0.2, -0.15) is 5.10 Å². The molecular weight excluding hydrogens is 202 g/mol. The molecule has 0 saturated heterocycles. The summed E-state index contributed by atoms with van der Waals surface area (Å²) in [5.41, 5.74) is 2.46. The zero-order valence-electron chi connectivity index (χ0n) is 8.91. The van der Waals surface area contributed by atoms with Crippen LogP contribution in [0.3, 0.4) is 0 Å². The summed E-state index contributed by atoms with van der Waals surface area (Å²) < 4.78 is 6.81. The Balaban J connectivity index is 0.00000169. The van der Waals surface area contributed by atoms with Gasteiger partial charge in [-0.15, -0.1) is 12.4 Å². The van der Waals surface area contributed by atoms with Gasteiger partial charge >= 0.3 is 0 Å². The van der Waals surface area contributed by atoms with E-state index in [0.29, 0.717) is 0 Å². The quantitative estimate of drug-likeness (QED) is 0.748. The van der Waals surface area contributed by atoms with Gasteiger partial charge in [-0.3, -0.25) is 4.68 Å². The molecule has 0 radical (unpaired) electrons. The Morgan fingerprint density at radius 3 is 2.79 bits per heavy atom. The highest BCUT2D eigenvalue weighted by atomic mass is 35.5. The fourth-order valence-corrected chi connectivity index (χ4v) is 1.11. The molecule has 0 atom stereocenters. The van der Waals surface area contributed by atoms with Crippen molar-refractivity contribution in [2.24, 2.45) is 7.05 Å². The van der Waals surface area contributed by atoms with Gasteiger partial charge in [0.05, 0.1) is 12.8 Å². The highest BCUT2D eigenvalue weighted by Gasteiger charge is 2.01. The Hall–Kier alpha value is -0.580. The van der Waals surface area contributed by atoms with E-state index in [1.807, 2.05) is 17.9 Å². The molecule has 0 aliphatic carbocycles. The van der Waals surface area contributed by atoms with Crippen LogP contribution >= 0.6 is 12.4 Å². The summed E-state index contributed by atoms with van der Waals surface area (Å²) in [6, 6.07) is 0. The summed E-state index contributed by atoms with van der Waals surface area (Å²) in [5, 5.41) is 7.44. The number of ether oxygens (including phenoxy) is 1. The monoisotopic (exact) mass is 219 g/mol. The van der Waals surface area contributed by atoms with Crippen LogP contribution in [-0.4, -0.2) is 30.0 Å². The van der Waals surface area contributed by atoms with Crippen molar-refractivity contribution in [3.8, 4) is 0 Å². The molecule has 1 heterocycles. The standard InChI is InChI=1S/C9H17N3O.ClH/c1-8-9(7-11-12(8)2)6-10-4-5-13-3;/h7,10H,4-6H2,1-3H3;1H. The molecule has 1 aromatic heterocycles. The third-order valence-electron chi connectivity index (χ3n) is 2.14. The number of nitrogens with one attached hydrogen (secondary N) is 1. The molecule has 0 fully saturated rings. The van der Waals surface area contributed by atoms with Crippen molar-refractivity contribution >= 4 is 12.4 Å². The first-order valence-electron chi connectivity index (χ1n) is 4.43. The second-order valence-electron chi connectivity index (χ2n) is 3.05. The van der Waals surface area contributed by atoms with Crippen LogP contribution in [0.2, 0.25) is 0 Å². The number of hydrogen-bond acceptors (Lipinski definition) is 3. The van der Waals surface area contributed by atoms with Crippen molar-refractivity contribution in [1.82, 2.24) is 15.1 Å². The van der Waals surface area contributed by atoms with Gasteiger partial charge in [-0.05, 0) is 6.92 Å². The maximum atomic E-state index is 4.93. The molecule has 0 aliphatic rings. The zero-order chi connectivity index (χ0) is 9.68. The molecule has 0 saturated carbocycles. The summed E-state index contributed by atoms with van der Waals surface area (Å²) in [6.07, 6.45) is 1.90. The minimum absolute atomic E-state index is 0. The Bertz CT molecular complexity index is 263. The molecule has 0 bridgehead atoms. The number of rotatable bonds is 5. The lowest BCUT2D eigenvalue weighted by molar-refractivity contribution is 0.199. The molecule has 1 rings (SSSR count). The maximum Gasteiger partial charge on any atom is 0.0587 e. The molecule has 0 aromatic carbocycles. The number of nitrogens with zero attached hydrogens (tertiary/aromatic N) is 2. The van der Waals surface area contributed by atoms with Gasteiger partial charge in [0.2, 0.25) is 0 Å². The largest absolute Gasteiger partial charge is 0.383 e. The van der Waals surface area contributed by atoms with Crippen LogP contribution in [0, 0.1) is 6.92 Å². The van der Waals surface area contributed by atoms with E-state index < -0.39 is 0 Å². The first-order valence-corrected chi connectivity index (χ1v) is 4.43. The fraction of sp³-hybridized carbons (Fsp3) is 0.667. The Labute approximate surface area is 91.0 Å². The normalized spacial score (nSPS) is 9.93. The van der Waals surface area contributed by atoms with E-state index in [1.165, 1.54) is 11.3 Å². The summed E-state index contributed by atoms with van der Waals surface area (Å²) in [4.78, 5) is 0. The molecule has 0 unspecified atom stereocenters. The Morgan fingerprint density at radius 1 is 1.57 bits per heavy atom. The van der Waals surface area contributed by atoms with Crippen LogP contribution in [0.15, 0.2) is 6.20 Å². The molecule has 1 N–H and O–H groups in total. The third kappa shape index (κ3) is 3.65. The Morgan fingerprint density at radius 2 is 2.29 bits per heavy atom. The van der Waals surface area contributed by atoms with Crippen molar-refractivity contribution < 1.29 is 4.74 Å². The number of aromatic nitrogens is 2. The number of methoxy groups -OCH3 is 1. The third-order valence-corrected chi connectivity index (χ3v) is 2.14.